The van der Waals surface area contributed by atoms with Crippen molar-refractivity contribution in [1.29, 1.82) is 0 Å². The quantitative estimate of drug-likeness (QED) is 0.629. The molecular formula is C20H21N3OS2. The van der Waals surface area contributed by atoms with Crippen LogP contribution in [-0.2, 0) is 6.42 Å². The van der Waals surface area contributed by atoms with Crippen molar-refractivity contribution in [1.82, 2.24) is 15.0 Å². The highest BCUT2D eigenvalue weighted by atomic mass is 32.1. The van der Waals surface area contributed by atoms with Crippen molar-refractivity contribution in [3.8, 4) is 0 Å². The van der Waals surface area contributed by atoms with E-state index in [0.717, 1.165) is 41.9 Å². The maximum Gasteiger partial charge on any atom is 0.255 e. The fourth-order valence-corrected chi connectivity index (χ4v) is 4.82. The van der Waals surface area contributed by atoms with Crippen LogP contribution in [0, 0.1) is 4.77 Å². The van der Waals surface area contributed by atoms with Crippen LogP contribution in [0.4, 0.5) is 0 Å². The van der Waals surface area contributed by atoms with E-state index in [2.05, 4.69) is 45.3 Å². The molecular weight excluding hydrogens is 362 g/mol. The monoisotopic (exact) mass is 383 g/mol. The SMILES string of the molecule is O=c1[nH]c(=S)[nH]c(C2CCC(c3ccccc3)CC2)c1Cc1nccs1. The Morgan fingerprint density at radius 2 is 1.81 bits per heavy atom. The molecule has 26 heavy (non-hydrogen) atoms. The van der Waals surface area contributed by atoms with Crippen molar-refractivity contribution in [2.75, 3.05) is 0 Å². The highest BCUT2D eigenvalue weighted by Gasteiger charge is 2.26. The summed E-state index contributed by atoms with van der Waals surface area (Å²) in [5.74, 6) is 0.966. The van der Waals surface area contributed by atoms with Crippen LogP contribution in [-0.4, -0.2) is 15.0 Å². The predicted molar refractivity (Wildman–Crippen MR) is 108 cm³/mol. The van der Waals surface area contributed by atoms with Crippen molar-refractivity contribution in [3.05, 3.63) is 78.9 Å². The molecule has 0 spiro atoms. The molecule has 3 aromatic rings. The lowest BCUT2D eigenvalue weighted by Gasteiger charge is -2.29. The molecule has 1 aromatic carbocycles. The van der Waals surface area contributed by atoms with E-state index in [0.29, 0.717) is 23.0 Å². The van der Waals surface area contributed by atoms with E-state index in [4.69, 9.17) is 12.2 Å². The van der Waals surface area contributed by atoms with Gasteiger partial charge in [-0.25, -0.2) is 4.98 Å². The second kappa shape index (κ2) is 7.68. The van der Waals surface area contributed by atoms with Crippen LogP contribution in [0.5, 0.6) is 0 Å². The molecule has 2 heterocycles. The van der Waals surface area contributed by atoms with Crippen molar-refractivity contribution >= 4 is 23.6 Å². The van der Waals surface area contributed by atoms with Crippen LogP contribution in [0.2, 0.25) is 0 Å². The molecule has 0 unspecified atom stereocenters. The third-order valence-electron chi connectivity index (χ3n) is 5.29. The fourth-order valence-electron chi connectivity index (χ4n) is 3.99. The molecule has 134 valence electrons. The summed E-state index contributed by atoms with van der Waals surface area (Å²) >= 11 is 6.82. The van der Waals surface area contributed by atoms with E-state index in [1.807, 2.05) is 5.38 Å². The van der Waals surface area contributed by atoms with Gasteiger partial charge in [-0.2, -0.15) is 0 Å². The smallest absolute Gasteiger partial charge is 0.255 e. The standard InChI is InChI=1S/C20H21N3OS2/c24-19-16(12-17-21-10-11-26-17)18(22-20(25)23-19)15-8-6-14(7-9-15)13-4-2-1-3-5-13/h1-5,10-11,14-15H,6-9,12H2,(H2,22,23,24,25). The summed E-state index contributed by atoms with van der Waals surface area (Å²) in [7, 11) is 0. The minimum Gasteiger partial charge on any atom is -0.335 e. The van der Waals surface area contributed by atoms with E-state index in [9.17, 15) is 4.79 Å². The first-order valence-electron chi connectivity index (χ1n) is 8.99. The van der Waals surface area contributed by atoms with E-state index >= 15 is 0 Å². The summed E-state index contributed by atoms with van der Waals surface area (Å²) in [6.45, 7) is 0. The minimum atomic E-state index is -0.0795. The molecule has 1 saturated carbocycles. The van der Waals surface area contributed by atoms with E-state index in [-0.39, 0.29) is 5.56 Å². The molecule has 1 aliphatic carbocycles. The minimum absolute atomic E-state index is 0.0795. The number of nitrogens with one attached hydrogen (secondary N) is 2. The molecule has 0 radical (unpaired) electrons. The summed E-state index contributed by atoms with van der Waals surface area (Å²) in [6, 6.07) is 10.7. The summed E-state index contributed by atoms with van der Waals surface area (Å²) in [5.41, 5.74) is 3.15. The Kier molecular flexibility index (Phi) is 5.13. The third-order valence-corrected chi connectivity index (χ3v) is 6.28. The maximum atomic E-state index is 12.6. The van der Waals surface area contributed by atoms with Crippen molar-refractivity contribution in [3.63, 3.8) is 0 Å². The maximum absolute atomic E-state index is 12.6. The van der Waals surface area contributed by atoms with Gasteiger partial charge in [-0.15, -0.1) is 11.3 Å². The molecule has 4 rings (SSSR count). The topological polar surface area (TPSA) is 61.5 Å². The Balaban J connectivity index is 1.58. The highest BCUT2D eigenvalue weighted by molar-refractivity contribution is 7.71. The van der Waals surface area contributed by atoms with E-state index < -0.39 is 0 Å². The van der Waals surface area contributed by atoms with Gasteiger partial charge in [-0.1, -0.05) is 30.3 Å². The zero-order valence-electron chi connectivity index (χ0n) is 14.4. The second-order valence-electron chi connectivity index (χ2n) is 6.86. The average molecular weight is 384 g/mol. The molecule has 2 aromatic heterocycles. The van der Waals surface area contributed by atoms with Gasteiger partial charge in [0.05, 0.1) is 5.01 Å². The number of aromatic amines is 2. The number of nitrogens with zero attached hydrogens (tertiary/aromatic N) is 1. The fraction of sp³-hybridized carbons (Fsp3) is 0.350. The zero-order valence-corrected chi connectivity index (χ0v) is 16.0. The van der Waals surface area contributed by atoms with Crippen LogP contribution >= 0.6 is 23.6 Å². The van der Waals surface area contributed by atoms with E-state index in [1.54, 1.807) is 17.5 Å². The third kappa shape index (κ3) is 3.71. The van der Waals surface area contributed by atoms with Gasteiger partial charge in [0.2, 0.25) is 0 Å². The number of thiazole rings is 1. The normalized spacial score (nSPS) is 20.2. The predicted octanol–water partition coefficient (Wildman–Crippen LogP) is 4.92. The molecule has 0 saturated heterocycles. The van der Waals surface area contributed by atoms with Crippen molar-refractivity contribution in [2.24, 2.45) is 0 Å². The Morgan fingerprint density at radius 1 is 1.08 bits per heavy atom. The molecule has 4 nitrogen and oxygen atoms in total. The van der Waals surface area contributed by atoms with Gasteiger partial charge in [0.15, 0.2) is 4.77 Å². The summed E-state index contributed by atoms with van der Waals surface area (Å²) in [6.07, 6.45) is 6.76. The second-order valence-corrected chi connectivity index (χ2v) is 8.25. The lowest BCUT2D eigenvalue weighted by atomic mass is 9.76. The summed E-state index contributed by atoms with van der Waals surface area (Å²) in [4.78, 5) is 22.9. The molecule has 0 bridgehead atoms. The van der Waals surface area contributed by atoms with Crippen LogP contribution in [0.25, 0.3) is 0 Å². The molecule has 0 atom stereocenters. The molecule has 6 heteroatoms. The van der Waals surface area contributed by atoms with Crippen molar-refractivity contribution in [2.45, 2.75) is 43.9 Å². The largest absolute Gasteiger partial charge is 0.335 e. The highest BCUT2D eigenvalue weighted by Crippen LogP contribution is 2.40. The lowest BCUT2D eigenvalue weighted by Crippen LogP contribution is -2.22. The number of benzene rings is 1. The molecule has 1 fully saturated rings. The Morgan fingerprint density at radius 3 is 2.50 bits per heavy atom. The van der Waals surface area contributed by atoms with Crippen LogP contribution < -0.4 is 5.56 Å². The number of hydrogen-bond donors (Lipinski definition) is 2. The van der Waals surface area contributed by atoms with Gasteiger partial charge < -0.3 is 4.98 Å². The van der Waals surface area contributed by atoms with Gasteiger partial charge in [0, 0.05) is 29.3 Å². The van der Waals surface area contributed by atoms with Gasteiger partial charge >= 0.3 is 0 Å². The van der Waals surface area contributed by atoms with Gasteiger partial charge in [0.25, 0.3) is 5.56 Å². The molecule has 0 aliphatic heterocycles. The molecule has 1 aliphatic rings. The van der Waals surface area contributed by atoms with Crippen LogP contribution in [0.1, 0.15) is 59.3 Å². The Hall–Kier alpha value is -2.05. The van der Waals surface area contributed by atoms with Crippen LogP contribution in [0.3, 0.4) is 0 Å². The summed E-state index contributed by atoms with van der Waals surface area (Å²) < 4.78 is 0.415. The van der Waals surface area contributed by atoms with E-state index in [1.165, 1.54) is 5.56 Å². The average Bonchev–Trinajstić information content (AvgIpc) is 3.18. The Bertz CT molecular complexity index is 968. The first-order chi connectivity index (χ1) is 12.7. The zero-order chi connectivity index (χ0) is 17.9. The Labute approximate surface area is 161 Å². The number of aromatic nitrogens is 3. The van der Waals surface area contributed by atoms with Gasteiger partial charge in [0.1, 0.15) is 0 Å². The first kappa shape index (κ1) is 17.4. The van der Waals surface area contributed by atoms with Gasteiger partial charge in [-0.3, -0.25) is 9.78 Å². The molecule has 0 amide bonds. The first-order valence-corrected chi connectivity index (χ1v) is 10.3. The molecule has 2 N–H and O–H groups in total. The lowest BCUT2D eigenvalue weighted by molar-refractivity contribution is 0.389. The van der Waals surface area contributed by atoms with Gasteiger partial charge in [-0.05, 0) is 55.3 Å². The number of hydrogen-bond acceptors (Lipinski definition) is 4. The summed E-state index contributed by atoms with van der Waals surface area (Å²) in [5, 5.41) is 2.90. The number of rotatable bonds is 4. The van der Waals surface area contributed by atoms with Crippen molar-refractivity contribution < 1.29 is 0 Å². The van der Waals surface area contributed by atoms with Crippen LogP contribution in [0.15, 0.2) is 46.7 Å². The number of H-pyrrole nitrogens is 2.